The van der Waals surface area contributed by atoms with Crippen molar-refractivity contribution in [3.8, 4) is 0 Å². The lowest BCUT2D eigenvalue weighted by molar-refractivity contribution is 0.429. The highest BCUT2D eigenvalue weighted by atomic mass is 32.2. The fourth-order valence-electron chi connectivity index (χ4n) is 1.99. The van der Waals surface area contributed by atoms with Gasteiger partial charge in [0.1, 0.15) is 0 Å². The summed E-state index contributed by atoms with van der Waals surface area (Å²) in [7, 11) is 2.09. The first kappa shape index (κ1) is 20.6. The van der Waals surface area contributed by atoms with Crippen LogP contribution in [0, 0.1) is 13.8 Å². The molecule has 0 saturated carbocycles. The van der Waals surface area contributed by atoms with Crippen LogP contribution in [0.25, 0.3) is 0 Å². The summed E-state index contributed by atoms with van der Waals surface area (Å²) in [5.41, 5.74) is 3.65. The number of benzene rings is 1. The van der Waals surface area contributed by atoms with Gasteiger partial charge in [0.2, 0.25) is 0 Å². The van der Waals surface area contributed by atoms with E-state index in [4.69, 9.17) is 0 Å². The highest BCUT2D eigenvalue weighted by Gasteiger charge is 2.10. The lowest BCUT2D eigenvalue weighted by Crippen LogP contribution is -2.18. The number of aryl methyl sites for hydroxylation is 2. The third-order valence-electron chi connectivity index (χ3n) is 3.12. The Morgan fingerprint density at radius 1 is 1.27 bits per heavy atom. The highest BCUT2D eigenvalue weighted by Crippen LogP contribution is 2.34. The summed E-state index contributed by atoms with van der Waals surface area (Å²) in [6, 6.07) is 6.55. The molecule has 1 aromatic carbocycles. The minimum Gasteiger partial charge on any atom is -0.374 e. The van der Waals surface area contributed by atoms with E-state index in [-0.39, 0.29) is 0 Å². The molecule has 1 aromatic rings. The fraction of sp³-hybridized carbons (Fsp3) is 0.400. The quantitative estimate of drug-likeness (QED) is 0.426. The van der Waals surface area contributed by atoms with Gasteiger partial charge in [-0.05, 0) is 38.0 Å². The third-order valence-corrected chi connectivity index (χ3v) is 4.39. The van der Waals surface area contributed by atoms with Gasteiger partial charge in [-0.15, -0.1) is 0 Å². The lowest BCUT2D eigenvalue weighted by Gasteiger charge is -2.23. The standard InChI is InChI=1S/C18H25NS.C2H6/c1-7-9-18(16(5)19(6)12-8-2)20-17-11-10-14(3)13-15(17)4;1-2/h7,9-11,13H,1,5,8,12H2,2-4,6H3;1-2H3/b18-9+;. The van der Waals surface area contributed by atoms with Crippen LogP contribution in [0.2, 0.25) is 0 Å². The molecular formula is C20H31NS. The number of thioether (sulfide) groups is 1. The van der Waals surface area contributed by atoms with E-state index in [1.165, 1.54) is 16.0 Å². The molecule has 1 nitrogen and oxygen atoms in total. The van der Waals surface area contributed by atoms with E-state index in [2.05, 4.69) is 64.1 Å². The van der Waals surface area contributed by atoms with Crippen LogP contribution >= 0.6 is 11.8 Å². The highest BCUT2D eigenvalue weighted by molar-refractivity contribution is 8.03. The van der Waals surface area contributed by atoms with Crippen LogP contribution < -0.4 is 0 Å². The Hall–Kier alpha value is -1.41. The Balaban J connectivity index is 0.00000211. The molecule has 1 rings (SSSR count). The van der Waals surface area contributed by atoms with E-state index in [0.717, 1.165) is 23.6 Å². The van der Waals surface area contributed by atoms with Gasteiger partial charge in [0.15, 0.2) is 0 Å². The summed E-state index contributed by atoms with van der Waals surface area (Å²) >= 11 is 1.76. The second-order valence-corrected chi connectivity index (χ2v) is 6.09. The molecule has 0 N–H and O–H groups in total. The smallest absolute Gasteiger partial charge is 0.0432 e. The van der Waals surface area contributed by atoms with Gasteiger partial charge < -0.3 is 4.90 Å². The number of nitrogens with zero attached hydrogens (tertiary/aromatic N) is 1. The van der Waals surface area contributed by atoms with Crippen molar-refractivity contribution in [2.45, 2.75) is 45.9 Å². The van der Waals surface area contributed by atoms with Crippen LogP contribution in [0.1, 0.15) is 38.3 Å². The molecule has 0 bridgehead atoms. The zero-order valence-electron chi connectivity index (χ0n) is 15.1. The molecule has 0 heterocycles. The average molecular weight is 318 g/mol. The van der Waals surface area contributed by atoms with Crippen LogP contribution in [0.3, 0.4) is 0 Å². The molecule has 122 valence electrons. The number of likely N-dealkylation sites (N-methyl/N-ethyl adjacent to an activating group) is 1. The van der Waals surface area contributed by atoms with Gasteiger partial charge in [0.05, 0.1) is 0 Å². The number of hydrogen-bond acceptors (Lipinski definition) is 2. The molecule has 0 amide bonds. The summed E-state index contributed by atoms with van der Waals surface area (Å²) in [5.74, 6) is 0. The third kappa shape index (κ3) is 6.57. The summed E-state index contributed by atoms with van der Waals surface area (Å²) in [5, 5.41) is 0. The predicted octanol–water partition coefficient (Wildman–Crippen LogP) is 6.35. The molecule has 0 aromatic heterocycles. The summed E-state index contributed by atoms with van der Waals surface area (Å²) < 4.78 is 0. The first-order valence-electron chi connectivity index (χ1n) is 7.97. The lowest BCUT2D eigenvalue weighted by atomic mass is 10.2. The van der Waals surface area contributed by atoms with Gasteiger partial charge in [-0.25, -0.2) is 0 Å². The van der Waals surface area contributed by atoms with E-state index in [1.807, 2.05) is 26.0 Å². The molecule has 0 atom stereocenters. The van der Waals surface area contributed by atoms with Crippen molar-refractivity contribution in [2.75, 3.05) is 13.6 Å². The molecule has 0 unspecified atom stereocenters. The van der Waals surface area contributed by atoms with Gasteiger partial charge >= 0.3 is 0 Å². The SMILES string of the molecule is C=C/C=C(/Sc1ccc(C)cc1C)C(=C)N(C)CCC.CC. The molecule has 0 aliphatic carbocycles. The maximum Gasteiger partial charge on any atom is 0.0432 e. The van der Waals surface area contributed by atoms with Crippen molar-refractivity contribution in [1.82, 2.24) is 4.90 Å². The molecule has 0 saturated heterocycles. The van der Waals surface area contributed by atoms with Crippen LogP contribution in [0.4, 0.5) is 0 Å². The van der Waals surface area contributed by atoms with Crippen molar-refractivity contribution >= 4 is 11.8 Å². The summed E-state index contributed by atoms with van der Waals surface area (Å²) in [6.07, 6.45) is 4.99. The van der Waals surface area contributed by atoms with E-state index < -0.39 is 0 Å². The van der Waals surface area contributed by atoms with Gasteiger partial charge in [0, 0.05) is 29.1 Å². The second-order valence-electron chi connectivity index (χ2n) is 5.01. The van der Waals surface area contributed by atoms with Crippen molar-refractivity contribution in [1.29, 1.82) is 0 Å². The largest absolute Gasteiger partial charge is 0.374 e. The maximum atomic E-state index is 4.22. The minimum atomic E-state index is 1.01. The zero-order chi connectivity index (χ0) is 17.1. The number of allylic oxidation sites excluding steroid dienone is 2. The van der Waals surface area contributed by atoms with Gasteiger partial charge in [0.25, 0.3) is 0 Å². The van der Waals surface area contributed by atoms with E-state index in [0.29, 0.717) is 0 Å². The number of rotatable bonds is 7. The molecule has 0 fully saturated rings. The topological polar surface area (TPSA) is 3.24 Å². The maximum absolute atomic E-state index is 4.22. The van der Waals surface area contributed by atoms with Gasteiger partial charge in [-0.1, -0.05) is 69.5 Å². The van der Waals surface area contributed by atoms with Crippen molar-refractivity contribution in [2.24, 2.45) is 0 Å². The molecule has 0 aliphatic rings. The molecule has 0 spiro atoms. The second kappa shape index (κ2) is 11.2. The van der Waals surface area contributed by atoms with Crippen molar-refractivity contribution in [3.63, 3.8) is 0 Å². The monoisotopic (exact) mass is 317 g/mol. The Labute approximate surface area is 141 Å². The van der Waals surface area contributed by atoms with Gasteiger partial charge in [-0.2, -0.15) is 0 Å². The Bertz CT molecular complexity index is 514. The van der Waals surface area contributed by atoms with Crippen molar-refractivity contribution < 1.29 is 0 Å². The fourth-order valence-corrected chi connectivity index (χ4v) is 3.02. The van der Waals surface area contributed by atoms with Crippen molar-refractivity contribution in [3.05, 3.63) is 65.2 Å². The van der Waals surface area contributed by atoms with Gasteiger partial charge in [-0.3, -0.25) is 0 Å². The first-order chi connectivity index (χ1) is 10.5. The molecule has 0 aliphatic heterocycles. The first-order valence-corrected chi connectivity index (χ1v) is 8.79. The summed E-state index contributed by atoms with van der Waals surface area (Å²) in [6.45, 7) is 19.5. The van der Waals surface area contributed by atoms with Crippen LogP contribution in [0.15, 0.2) is 59.0 Å². The van der Waals surface area contributed by atoms with E-state index in [1.54, 1.807) is 11.8 Å². The van der Waals surface area contributed by atoms with Crippen LogP contribution in [-0.4, -0.2) is 18.5 Å². The minimum absolute atomic E-state index is 1.01. The Morgan fingerprint density at radius 3 is 2.41 bits per heavy atom. The van der Waals surface area contributed by atoms with Crippen LogP contribution in [0.5, 0.6) is 0 Å². The Morgan fingerprint density at radius 2 is 1.91 bits per heavy atom. The Kier molecular flexibility index (Phi) is 10.5. The predicted molar refractivity (Wildman–Crippen MR) is 103 cm³/mol. The van der Waals surface area contributed by atoms with Crippen LogP contribution in [-0.2, 0) is 0 Å². The van der Waals surface area contributed by atoms with E-state index in [9.17, 15) is 0 Å². The molecule has 22 heavy (non-hydrogen) atoms. The summed E-state index contributed by atoms with van der Waals surface area (Å²) in [4.78, 5) is 4.63. The average Bonchev–Trinajstić information content (AvgIpc) is 2.50. The molecule has 0 radical (unpaired) electrons. The normalized spacial score (nSPS) is 10.5. The van der Waals surface area contributed by atoms with E-state index >= 15 is 0 Å². The zero-order valence-corrected chi connectivity index (χ0v) is 15.9. The number of hydrogen-bond donors (Lipinski definition) is 0. The molecule has 2 heteroatoms. The molecular weight excluding hydrogens is 286 g/mol.